The molecule has 1 aromatic heterocycles. The topological polar surface area (TPSA) is 34.0 Å². The Morgan fingerprint density at radius 1 is 1.00 bits per heavy atom. The van der Waals surface area contributed by atoms with Crippen LogP contribution in [0.1, 0.15) is 42.6 Å². The van der Waals surface area contributed by atoms with E-state index in [1.165, 1.54) is 17.5 Å². The molecule has 2 aromatic carbocycles. The molecule has 0 unspecified atom stereocenters. The van der Waals surface area contributed by atoms with Gasteiger partial charge in [-0.05, 0) is 24.0 Å². The first-order chi connectivity index (χ1) is 12.8. The molecule has 1 aliphatic rings. The van der Waals surface area contributed by atoms with E-state index in [9.17, 15) is 0 Å². The standard InChI is InChI=1S/C22H26N4/c1-2-9-20-16-25(24-23-20)17-21-14-22(19-12-7-4-8-13-19)26(21)15-18-10-5-3-6-11-18/h3-8,10-13,16,21-22H,2,9,14-15,17H2,1H3/t21-,22+/m0/s1. The summed E-state index contributed by atoms with van der Waals surface area (Å²) in [5.74, 6) is 0. The SMILES string of the molecule is CCCc1cn(C[C@@H]2C[C@H](c3ccccc3)N2Cc2ccccc2)nn1. The summed E-state index contributed by atoms with van der Waals surface area (Å²) in [5, 5.41) is 8.63. The van der Waals surface area contributed by atoms with Gasteiger partial charge in [-0.2, -0.15) is 0 Å². The van der Waals surface area contributed by atoms with Gasteiger partial charge >= 0.3 is 0 Å². The Hall–Kier alpha value is -2.46. The smallest absolute Gasteiger partial charge is 0.0827 e. The molecule has 2 heterocycles. The van der Waals surface area contributed by atoms with Gasteiger partial charge in [0.25, 0.3) is 0 Å². The third kappa shape index (κ3) is 3.70. The second kappa shape index (κ2) is 7.83. The highest BCUT2D eigenvalue weighted by molar-refractivity contribution is 5.24. The second-order valence-corrected chi connectivity index (χ2v) is 7.16. The Balaban J connectivity index is 1.50. The van der Waals surface area contributed by atoms with Gasteiger partial charge < -0.3 is 0 Å². The molecule has 4 nitrogen and oxygen atoms in total. The van der Waals surface area contributed by atoms with Crippen molar-refractivity contribution in [2.75, 3.05) is 0 Å². The van der Waals surface area contributed by atoms with Crippen LogP contribution in [0, 0.1) is 0 Å². The van der Waals surface area contributed by atoms with Crippen molar-refractivity contribution in [3.63, 3.8) is 0 Å². The van der Waals surface area contributed by atoms with Crippen LogP contribution in [0.25, 0.3) is 0 Å². The molecule has 1 saturated heterocycles. The van der Waals surface area contributed by atoms with Gasteiger partial charge in [0.15, 0.2) is 0 Å². The first-order valence-electron chi connectivity index (χ1n) is 9.57. The van der Waals surface area contributed by atoms with E-state index in [4.69, 9.17) is 0 Å². The number of rotatable bonds is 7. The van der Waals surface area contributed by atoms with Gasteiger partial charge in [0, 0.05) is 24.8 Å². The predicted molar refractivity (Wildman–Crippen MR) is 104 cm³/mol. The maximum Gasteiger partial charge on any atom is 0.0827 e. The minimum Gasteiger partial charge on any atom is -0.287 e. The van der Waals surface area contributed by atoms with Crippen LogP contribution in [0.5, 0.6) is 0 Å². The van der Waals surface area contributed by atoms with Crippen LogP contribution in [-0.4, -0.2) is 25.9 Å². The molecule has 4 heteroatoms. The van der Waals surface area contributed by atoms with Crippen LogP contribution in [0.4, 0.5) is 0 Å². The van der Waals surface area contributed by atoms with Crippen molar-refractivity contribution in [2.24, 2.45) is 0 Å². The molecule has 0 bridgehead atoms. The minimum atomic E-state index is 0.486. The lowest BCUT2D eigenvalue weighted by molar-refractivity contribution is -0.00677. The van der Waals surface area contributed by atoms with Gasteiger partial charge in [0.1, 0.15) is 0 Å². The molecule has 0 saturated carbocycles. The first kappa shape index (κ1) is 17.0. The highest BCUT2D eigenvalue weighted by Gasteiger charge is 2.39. The summed E-state index contributed by atoms with van der Waals surface area (Å²) in [6.45, 7) is 4.06. The molecule has 2 atom stereocenters. The van der Waals surface area contributed by atoms with Crippen molar-refractivity contribution in [3.05, 3.63) is 83.7 Å². The molecule has 134 valence electrons. The Labute approximate surface area is 155 Å². The highest BCUT2D eigenvalue weighted by Crippen LogP contribution is 2.40. The zero-order valence-corrected chi connectivity index (χ0v) is 15.3. The van der Waals surface area contributed by atoms with E-state index in [-0.39, 0.29) is 0 Å². The Bertz CT molecular complexity index is 812. The van der Waals surface area contributed by atoms with E-state index in [0.717, 1.165) is 31.6 Å². The van der Waals surface area contributed by atoms with Crippen LogP contribution >= 0.6 is 0 Å². The van der Waals surface area contributed by atoms with Crippen LogP contribution < -0.4 is 0 Å². The number of nitrogens with zero attached hydrogens (tertiary/aromatic N) is 4. The zero-order chi connectivity index (χ0) is 17.8. The number of hydrogen-bond donors (Lipinski definition) is 0. The summed E-state index contributed by atoms with van der Waals surface area (Å²) in [5.41, 5.74) is 3.87. The lowest BCUT2D eigenvalue weighted by Gasteiger charge is -2.49. The minimum absolute atomic E-state index is 0.486. The summed E-state index contributed by atoms with van der Waals surface area (Å²) in [4.78, 5) is 2.60. The largest absolute Gasteiger partial charge is 0.287 e. The summed E-state index contributed by atoms with van der Waals surface area (Å²) < 4.78 is 2.02. The summed E-state index contributed by atoms with van der Waals surface area (Å²) in [6, 6.07) is 22.6. The van der Waals surface area contributed by atoms with Crippen molar-refractivity contribution in [1.82, 2.24) is 19.9 Å². The van der Waals surface area contributed by atoms with Gasteiger partial charge in [-0.15, -0.1) is 5.10 Å². The fourth-order valence-corrected chi connectivity index (χ4v) is 3.88. The Morgan fingerprint density at radius 3 is 2.46 bits per heavy atom. The Kier molecular flexibility index (Phi) is 5.12. The second-order valence-electron chi connectivity index (χ2n) is 7.16. The molecular weight excluding hydrogens is 320 g/mol. The van der Waals surface area contributed by atoms with Gasteiger partial charge in [0.05, 0.1) is 12.2 Å². The summed E-state index contributed by atoms with van der Waals surface area (Å²) in [7, 11) is 0. The van der Waals surface area contributed by atoms with Crippen molar-refractivity contribution in [3.8, 4) is 0 Å². The average molecular weight is 346 g/mol. The first-order valence-corrected chi connectivity index (χ1v) is 9.57. The van der Waals surface area contributed by atoms with Crippen LogP contribution in [0.3, 0.4) is 0 Å². The van der Waals surface area contributed by atoms with Crippen LogP contribution in [0.15, 0.2) is 66.9 Å². The number of aryl methyl sites for hydroxylation is 1. The lowest BCUT2D eigenvalue weighted by atomic mass is 9.86. The number of hydrogen-bond acceptors (Lipinski definition) is 3. The number of aromatic nitrogens is 3. The molecule has 0 spiro atoms. The van der Waals surface area contributed by atoms with Crippen molar-refractivity contribution >= 4 is 0 Å². The number of likely N-dealkylation sites (tertiary alicyclic amines) is 1. The molecule has 0 amide bonds. The number of benzene rings is 2. The van der Waals surface area contributed by atoms with Gasteiger partial charge in [-0.25, -0.2) is 0 Å². The quantitative estimate of drug-likeness (QED) is 0.641. The molecular formula is C22H26N4. The molecule has 4 rings (SSSR count). The molecule has 3 aromatic rings. The molecule has 0 radical (unpaired) electrons. The van der Waals surface area contributed by atoms with Crippen molar-refractivity contribution in [1.29, 1.82) is 0 Å². The molecule has 0 aliphatic carbocycles. The van der Waals surface area contributed by atoms with E-state index in [1.54, 1.807) is 0 Å². The van der Waals surface area contributed by atoms with Gasteiger partial charge in [-0.3, -0.25) is 9.58 Å². The zero-order valence-electron chi connectivity index (χ0n) is 15.3. The Morgan fingerprint density at radius 2 is 1.73 bits per heavy atom. The molecule has 1 fully saturated rings. The van der Waals surface area contributed by atoms with E-state index >= 15 is 0 Å². The van der Waals surface area contributed by atoms with Gasteiger partial charge in [-0.1, -0.05) is 79.2 Å². The van der Waals surface area contributed by atoms with Crippen LogP contribution in [-0.2, 0) is 19.5 Å². The summed E-state index contributed by atoms with van der Waals surface area (Å²) >= 11 is 0. The summed E-state index contributed by atoms with van der Waals surface area (Å²) in [6.07, 6.45) is 5.39. The van der Waals surface area contributed by atoms with E-state index < -0.39 is 0 Å². The van der Waals surface area contributed by atoms with Gasteiger partial charge in [0.2, 0.25) is 0 Å². The average Bonchev–Trinajstić information content (AvgIpc) is 3.12. The van der Waals surface area contributed by atoms with E-state index in [1.807, 2.05) is 4.68 Å². The third-order valence-corrected chi connectivity index (χ3v) is 5.25. The highest BCUT2D eigenvalue weighted by atomic mass is 15.4. The lowest BCUT2D eigenvalue weighted by Crippen LogP contribution is -2.51. The fourth-order valence-electron chi connectivity index (χ4n) is 3.88. The van der Waals surface area contributed by atoms with E-state index in [0.29, 0.717) is 12.1 Å². The molecule has 26 heavy (non-hydrogen) atoms. The van der Waals surface area contributed by atoms with Crippen molar-refractivity contribution in [2.45, 2.75) is 51.4 Å². The molecule has 0 N–H and O–H groups in total. The monoisotopic (exact) mass is 346 g/mol. The van der Waals surface area contributed by atoms with E-state index in [2.05, 4.69) is 89.0 Å². The fraction of sp³-hybridized carbons (Fsp3) is 0.364. The molecule has 1 aliphatic heterocycles. The normalized spacial score (nSPS) is 20.0. The van der Waals surface area contributed by atoms with Crippen molar-refractivity contribution < 1.29 is 0 Å². The predicted octanol–water partition coefficient (Wildman–Crippen LogP) is 4.25. The maximum absolute atomic E-state index is 4.34. The van der Waals surface area contributed by atoms with Crippen LogP contribution in [0.2, 0.25) is 0 Å². The maximum atomic E-state index is 4.34. The third-order valence-electron chi connectivity index (χ3n) is 5.25.